The third-order valence-electron chi connectivity index (χ3n) is 4.43. The van der Waals surface area contributed by atoms with Crippen molar-refractivity contribution in [1.82, 2.24) is 15.3 Å². The van der Waals surface area contributed by atoms with Crippen LogP contribution in [0.25, 0.3) is 10.9 Å². The Morgan fingerprint density at radius 3 is 2.73 bits per heavy atom. The first-order valence-corrected chi connectivity index (χ1v) is 9.32. The zero-order valence-corrected chi connectivity index (χ0v) is 16.2. The van der Waals surface area contributed by atoms with E-state index in [1.165, 1.54) is 0 Å². The first-order chi connectivity index (χ1) is 12.3. The Morgan fingerprint density at radius 2 is 2.04 bits per heavy atom. The van der Waals surface area contributed by atoms with Crippen LogP contribution in [-0.2, 0) is 4.74 Å². The molecule has 0 spiro atoms. The highest BCUT2D eigenvalue weighted by Crippen LogP contribution is 2.28. The molecular formula is C19H25ClN4O2. The van der Waals surface area contributed by atoms with Crippen LogP contribution in [0.3, 0.4) is 0 Å². The van der Waals surface area contributed by atoms with Crippen LogP contribution in [-0.4, -0.2) is 41.3 Å². The number of ether oxygens (including phenoxy) is 1. The Hall–Kier alpha value is -2.08. The molecule has 3 rings (SSSR count). The van der Waals surface area contributed by atoms with E-state index in [0.717, 1.165) is 42.7 Å². The van der Waals surface area contributed by atoms with Crippen LogP contribution >= 0.6 is 11.6 Å². The van der Waals surface area contributed by atoms with Gasteiger partial charge in [-0.05, 0) is 57.7 Å². The fourth-order valence-electron chi connectivity index (χ4n) is 3.16. The van der Waals surface area contributed by atoms with Crippen molar-refractivity contribution in [3.05, 3.63) is 29.5 Å². The summed E-state index contributed by atoms with van der Waals surface area (Å²) in [4.78, 5) is 22.9. The molecule has 140 valence electrons. The van der Waals surface area contributed by atoms with Gasteiger partial charge in [0, 0.05) is 30.0 Å². The monoisotopic (exact) mass is 376 g/mol. The zero-order chi connectivity index (χ0) is 18.7. The maximum atomic E-state index is 11.8. The number of hydrogen-bond acceptors (Lipinski definition) is 5. The van der Waals surface area contributed by atoms with E-state index >= 15 is 0 Å². The van der Waals surface area contributed by atoms with Crippen molar-refractivity contribution in [2.24, 2.45) is 5.92 Å². The van der Waals surface area contributed by atoms with E-state index in [1.807, 2.05) is 39.0 Å². The topological polar surface area (TPSA) is 67.3 Å². The number of nitrogens with one attached hydrogen (secondary N) is 1. The molecule has 0 aliphatic carbocycles. The maximum Gasteiger partial charge on any atom is 0.407 e. The van der Waals surface area contributed by atoms with Crippen molar-refractivity contribution in [3.63, 3.8) is 0 Å². The number of aromatic nitrogens is 2. The van der Waals surface area contributed by atoms with Crippen molar-refractivity contribution in [2.45, 2.75) is 39.2 Å². The summed E-state index contributed by atoms with van der Waals surface area (Å²) in [7, 11) is 0. The molecule has 1 aliphatic rings. The van der Waals surface area contributed by atoms with Gasteiger partial charge < -0.3 is 15.0 Å². The summed E-state index contributed by atoms with van der Waals surface area (Å²) in [6.07, 6.45) is 3.23. The fraction of sp³-hybridized carbons (Fsp3) is 0.526. The van der Waals surface area contributed by atoms with E-state index in [4.69, 9.17) is 16.3 Å². The first-order valence-electron chi connectivity index (χ1n) is 8.94. The van der Waals surface area contributed by atoms with Gasteiger partial charge in [-0.1, -0.05) is 11.6 Å². The molecule has 1 fully saturated rings. The summed E-state index contributed by atoms with van der Waals surface area (Å²) in [6.45, 7) is 8.03. The number of nitrogens with zero attached hydrogens (tertiary/aromatic N) is 3. The molecule has 26 heavy (non-hydrogen) atoms. The van der Waals surface area contributed by atoms with Gasteiger partial charge >= 0.3 is 6.09 Å². The van der Waals surface area contributed by atoms with Gasteiger partial charge in [-0.25, -0.2) is 14.8 Å². The van der Waals surface area contributed by atoms with Crippen molar-refractivity contribution in [2.75, 3.05) is 24.5 Å². The summed E-state index contributed by atoms with van der Waals surface area (Å²) >= 11 is 6.06. The molecule has 2 aromatic rings. The second-order valence-electron chi connectivity index (χ2n) is 7.67. The number of carbonyl (C=O) groups excluding carboxylic acids is 1. The van der Waals surface area contributed by atoms with Crippen LogP contribution in [0.1, 0.15) is 33.6 Å². The third-order valence-corrected chi connectivity index (χ3v) is 4.66. The van der Waals surface area contributed by atoms with Crippen LogP contribution in [0.2, 0.25) is 5.02 Å². The first kappa shape index (κ1) is 18.7. The minimum Gasteiger partial charge on any atom is -0.444 e. The SMILES string of the molecule is CC(C)(C)OC(=O)NCC1CCN(c2ncnc3cc(Cl)ccc23)CC1. The molecule has 1 aromatic carbocycles. The number of rotatable bonds is 3. The van der Waals surface area contributed by atoms with Gasteiger partial charge in [0.1, 0.15) is 17.7 Å². The van der Waals surface area contributed by atoms with Gasteiger partial charge in [-0.2, -0.15) is 0 Å². The Balaban J connectivity index is 1.57. The standard InChI is InChI=1S/C19H25ClN4O2/c1-19(2,3)26-18(25)21-11-13-6-8-24(9-7-13)17-15-5-4-14(20)10-16(15)22-12-23-17/h4-5,10,12-13H,6-9,11H2,1-3H3,(H,21,25). The molecule has 7 heteroatoms. The van der Waals surface area contributed by atoms with E-state index in [9.17, 15) is 4.79 Å². The van der Waals surface area contributed by atoms with Crippen molar-refractivity contribution >= 4 is 34.4 Å². The lowest BCUT2D eigenvalue weighted by molar-refractivity contribution is 0.0517. The van der Waals surface area contributed by atoms with E-state index in [-0.39, 0.29) is 6.09 Å². The van der Waals surface area contributed by atoms with Gasteiger partial charge in [-0.15, -0.1) is 0 Å². The molecule has 1 amide bonds. The van der Waals surface area contributed by atoms with Crippen LogP contribution in [0.5, 0.6) is 0 Å². The predicted molar refractivity (Wildman–Crippen MR) is 104 cm³/mol. The number of piperidine rings is 1. The molecule has 6 nitrogen and oxygen atoms in total. The zero-order valence-electron chi connectivity index (χ0n) is 15.5. The van der Waals surface area contributed by atoms with Crippen LogP contribution in [0.15, 0.2) is 24.5 Å². The molecule has 1 N–H and O–H groups in total. The Bertz CT molecular complexity index is 783. The van der Waals surface area contributed by atoms with Crippen LogP contribution in [0.4, 0.5) is 10.6 Å². The molecule has 2 heterocycles. The number of benzene rings is 1. The predicted octanol–water partition coefficient (Wildman–Crippen LogP) is 4.02. The quantitative estimate of drug-likeness (QED) is 0.876. The number of halogens is 1. The average molecular weight is 377 g/mol. The largest absolute Gasteiger partial charge is 0.444 e. The number of alkyl carbamates (subject to hydrolysis) is 1. The molecule has 0 unspecified atom stereocenters. The van der Waals surface area contributed by atoms with Gasteiger partial charge in [-0.3, -0.25) is 0 Å². The number of amides is 1. The van der Waals surface area contributed by atoms with Gasteiger partial charge in [0.25, 0.3) is 0 Å². The van der Waals surface area contributed by atoms with E-state index in [2.05, 4.69) is 20.2 Å². The normalized spacial score (nSPS) is 15.9. The summed E-state index contributed by atoms with van der Waals surface area (Å²) in [6, 6.07) is 5.71. The third kappa shape index (κ3) is 4.75. The molecule has 0 radical (unpaired) electrons. The molecule has 0 bridgehead atoms. The highest BCUT2D eigenvalue weighted by Gasteiger charge is 2.23. The van der Waals surface area contributed by atoms with Crippen molar-refractivity contribution in [1.29, 1.82) is 0 Å². The van der Waals surface area contributed by atoms with Gasteiger partial charge in [0.2, 0.25) is 0 Å². The van der Waals surface area contributed by atoms with Gasteiger partial charge in [0.15, 0.2) is 0 Å². The summed E-state index contributed by atoms with van der Waals surface area (Å²) in [5.41, 5.74) is 0.390. The second kappa shape index (κ2) is 7.66. The van der Waals surface area contributed by atoms with E-state index in [0.29, 0.717) is 17.5 Å². The second-order valence-corrected chi connectivity index (χ2v) is 8.11. The molecule has 1 saturated heterocycles. The molecule has 1 aromatic heterocycles. The molecule has 0 saturated carbocycles. The fourth-order valence-corrected chi connectivity index (χ4v) is 3.33. The molecule has 0 atom stereocenters. The summed E-state index contributed by atoms with van der Waals surface area (Å²) < 4.78 is 5.29. The Labute approximate surface area is 158 Å². The van der Waals surface area contributed by atoms with Crippen LogP contribution in [0, 0.1) is 5.92 Å². The highest BCUT2D eigenvalue weighted by atomic mass is 35.5. The minimum absolute atomic E-state index is 0.349. The lowest BCUT2D eigenvalue weighted by atomic mass is 9.96. The lowest BCUT2D eigenvalue weighted by Gasteiger charge is -2.33. The average Bonchev–Trinajstić information content (AvgIpc) is 2.58. The number of hydrogen-bond donors (Lipinski definition) is 1. The van der Waals surface area contributed by atoms with Gasteiger partial charge in [0.05, 0.1) is 5.52 Å². The minimum atomic E-state index is -0.468. The van der Waals surface area contributed by atoms with E-state index < -0.39 is 5.60 Å². The number of fused-ring (bicyclic) bond motifs is 1. The Kier molecular flexibility index (Phi) is 5.51. The van der Waals surface area contributed by atoms with Crippen molar-refractivity contribution in [3.8, 4) is 0 Å². The summed E-state index contributed by atoms with van der Waals surface area (Å²) in [5.74, 6) is 1.39. The van der Waals surface area contributed by atoms with Crippen LogP contribution < -0.4 is 10.2 Å². The lowest BCUT2D eigenvalue weighted by Crippen LogP contribution is -2.40. The summed E-state index contributed by atoms with van der Waals surface area (Å²) in [5, 5.41) is 4.57. The highest BCUT2D eigenvalue weighted by molar-refractivity contribution is 6.31. The number of anilines is 1. The maximum absolute atomic E-state index is 11.8. The number of carbonyl (C=O) groups is 1. The van der Waals surface area contributed by atoms with Crippen molar-refractivity contribution < 1.29 is 9.53 Å². The molecular weight excluding hydrogens is 352 g/mol. The van der Waals surface area contributed by atoms with E-state index in [1.54, 1.807) is 6.33 Å². The Morgan fingerprint density at radius 1 is 1.31 bits per heavy atom. The smallest absolute Gasteiger partial charge is 0.407 e. The molecule has 1 aliphatic heterocycles.